The van der Waals surface area contributed by atoms with Gasteiger partial charge in [0.1, 0.15) is 12.3 Å². The molecule has 0 aliphatic carbocycles. The van der Waals surface area contributed by atoms with Crippen LogP contribution < -0.4 is 23.9 Å². The maximum atomic E-state index is 12.3. The standard InChI is InChI=1S/C20H25N3O6S/c1-5-29-17-9-6-15(7-10-17)13-21-22-20(24)14-23(30(4,25)26)16-8-11-18(27-2)19(12-16)28-3/h6-13H,5,14H2,1-4H3,(H,22,24)/b21-13-. The van der Waals surface area contributed by atoms with Gasteiger partial charge < -0.3 is 14.2 Å². The molecule has 2 aromatic carbocycles. The van der Waals surface area contributed by atoms with Crippen LogP contribution in [-0.4, -0.2) is 54.2 Å². The molecule has 0 saturated carbocycles. The van der Waals surface area contributed by atoms with Crippen molar-refractivity contribution in [1.82, 2.24) is 5.43 Å². The van der Waals surface area contributed by atoms with E-state index in [1.165, 1.54) is 32.6 Å². The highest BCUT2D eigenvalue weighted by Gasteiger charge is 2.22. The fourth-order valence-corrected chi connectivity index (χ4v) is 3.39. The zero-order chi connectivity index (χ0) is 22.1. The van der Waals surface area contributed by atoms with Crippen molar-refractivity contribution in [3.8, 4) is 17.2 Å². The fourth-order valence-electron chi connectivity index (χ4n) is 2.54. The van der Waals surface area contributed by atoms with E-state index in [0.717, 1.165) is 21.9 Å². The molecule has 0 heterocycles. The van der Waals surface area contributed by atoms with Crippen molar-refractivity contribution in [3.05, 3.63) is 48.0 Å². The molecule has 10 heteroatoms. The highest BCUT2D eigenvalue weighted by atomic mass is 32.2. The number of benzene rings is 2. The number of carbonyl (C=O) groups excluding carboxylic acids is 1. The number of sulfonamides is 1. The Balaban J connectivity index is 2.09. The summed E-state index contributed by atoms with van der Waals surface area (Å²) in [5.74, 6) is 0.923. The van der Waals surface area contributed by atoms with E-state index in [-0.39, 0.29) is 5.69 Å². The van der Waals surface area contributed by atoms with Gasteiger partial charge in [0.25, 0.3) is 5.91 Å². The number of nitrogens with zero attached hydrogens (tertiary/aromatic N) is 2. The number of hydrazone groups is 1. The van der Waals surface area contributed by atoms with E-state index in [1.54, 1.807) is 30.3 Å². The van der Waals surface area contributed by atoms with Gasteiger partial charge in [-0.25, -0.2) is 13.8 Å². The second-order valence-electron chi connectivity index (χ2n) is 6.10. The number of nitrogens with one attached hydrogen (secondary N) is 1. The van der Waals surface area contributed by atoms with E-state index in [0.29, 0.717) is 18.1 Å². The van der Waals surface area contributed by atoms with Crippen LogP contribution in [0.5, 0.6) is 17.2 Å². The third kappa shape index (κ3) is 6.38. The van der Waals surface area contributed by atoms with Gasteiger partial charge in [0.05, 0.1) is 39.0 Å². The van der Waals surface area contributed by atoms with Crippen LogP contribution in [0.2, 0.25) is 0 Å². The summed E-state index contributed by atoms with van der Waals surface area (Å²) in [6, 6.07) is 11.7. The number of hydrogen-bond donors (Lipinski definition) is 1. The molecule has 1 N–H and O–H groups in total. The quantitative estimate of drug-likeness (QED) is 0.452. The van der Waals surface area contributed by atoms with Gasteiger partial charge in [0.15, 0.2) is 11.5 Å². The number of amides is 1. The van der Waals surface area contributed by atoms with Crippen LogP contribution in [0, 0.1) is 0 Å². The molecule has 0 aliphatic rings. The van der Waals surface area contributed by atoms with Crippen LogP contribution in [0.15, 0.2) is 47.6 Å². The third-order valence-electron chi connectivity index (χ3n) is 3.94. The monoisotopic (exact) mass is 435 g/mol. The van der Waals surface area contributed by atoms with Crippen LogP contribution in [0.1, 0.15) is 12.5 Å². The topological polar surface area (TPSA) is 107 Å². The summed E-state index contributed by atoms with van der Waals surface area (Å²) in [4.78, 5) is 12.3. The lowest BCUT2D eigenvalue weighted by atomic mass is 10.2. The molecule has 30 heavy (non-hydrogen) atoms. The molecule has 1 amide bonds. The smallest absolute Gasteiger partial charge is 0.260 e. The van der Waals surface area contributed by atoms with Crippen LogP contribution in [0.25, 0.3) is 0 Å². The van der Waals surface area contributed by atoms with Crippen LogP contribution in [0.3, 0.4) is 0 Å². The highest BCUT2D eigenvalue weighted by molar-refractivity contribution is 7.92. The minimum atomic E-state index is -3.73. The van der Waals surface area contributed by atoms with Crippen molar-refractivity contribution >= 4 is 27.8 Å². The van der Waals surface area contributed by atoms with Gasteiger partial charge in [0.2, 0.25) is 10.0 Å². The van der Waals surface area contributed by atoms with Gasteiger partial charge in [-0.05, 0) is 48.9 Å². The lowest BCUT2D eigenvalue weighted by Crippen LogP contribution is -2.39. The van der Waals surface area contributed by atoms with Gasteiger partial charge >= 0.3 is 0 Å². The fraction of sp³-hybridized carbons (Fsp3) is 0.300. The number of anilines is 1. The van der Waals surface area contributed by atoms with E-state index < -0.39 is 22.5 Å². The first-order valence-electron chi connectivity index (χ1n) is 9.03. The first kappa shape index (κ1) is 23.0. The molecule has 0 bridgehead atoms. The predicted molar refractivity (Wildman–Crippen MR) is 115 cm³/mol. The van der Waals surface area contributed by atoms with Crippen molar-refractivity contribution in [2.24, 2.45) is 5.10 Å². The Morgan fingerprint density at radius 1 is 1.10 bits per heavy atom. The van der Waals surface area contributed by atoms with Crippen molar-refractivity contribution < 1.29 is 27.4 Å². The van der Waals surface area contributed by atoms with Crippen molar-refractivity contribution in [2.45, 2.75) is 6.92 Å². The summed E-state index contributed by atoms with van der Waals surface area (Å²) in [5, 5.41) is 3.88. The average Bonchev–Trinajstić information content (AvgIpc) is 2.72. The summed E-state index contributed by atoms with van der Waals surface area (Å²) < 4.78 is 41.1. The Labute approximate surface area is 176 Å². The third-order valence-corrected chi connectivity index (χ3v) is 5.08. The largest absolute Gasteiger partial charge is 0.494 e. The SMILES string of the molecule is CCOc1ccc(/C=N\NC(=O)CN(c2ccc(OC)c(OC)c2)S(C)(=O)=O)cc1. The van der Waals surface area contributed by atoms with E-state index in [4.69, 9.17) is 14.2 Å². The van der Waals surface area contributed by atoms with Crippen molar-refractivity contribution in [2.75, 3.05) is 37.9 Å². The molecule has 0 saturated heterocycles. The zero-order valence-electron chi connectivity index (χ0n) is 17.3. The molecule has 0 unspecified atom stereocenters. The Morgan fingerprint density at radius 2 is 1.77 bits per heavy atom. The molecule has 0 aromatic heterocycles. The Morgan fingerprint density at radius 3 is 2.33 bits per heavy atom. The van der Waals surface area contributed by atoms with Crippen LogP contribution >= 0.6 is 0 Å². The lowest BCUT2D eigenvalue weighted by Gasteiger charge is -2.22. The van der Waals surface area contributed by atoms with Crippen molar-refractivity contribution in [3.63, 3.8) is 0 Å². The number of hydrogen-bond acceptors (Lipinski definition) is 7. The lowest BCUT2D eigenvalue weighted by molar-refractivity contribution is -0.119. The molecule has 0 radical (unpaired) electrons. The predicted octanol–water partition coefficient (Wildman–Crippen LogP) is 2.02. The van der Waals surface area contributed by atoms with E-state index in [2.05, 4.69) is 10.5 Å². The highest BCUT2D eigenvalue weighted by Crippen LogP contribution is 2.32. The maximum absolute atomic E-state index is 12.3. The van der Waals surface area contributed by atoms with Crippen molar-refractivity contribution in [1.29, 1.82) is 0 Å². The Hall–Kier alpha value is -3.27. The molecule has 0 spiro atoms. The molecular weight excluding hydrogens is 410 g/mol. The molecular formula is C20H25N3O6S. The van der Waals surface area contributed by atoms with Gasteiger partial charge in [0, 0.05) is 6.07 Å². The minimum absolute atomic E-state index is 0.265. The van der Waals surface area contributed by atoms with E-state index in [1.807, 2.05) is 6.92 Å². The molecule has 0 atom stereocenters. The first-order chi connectivity index (χ1) is 14.3. The molecule has 2 aromatic rings. The molecule has 0 aliphatic heterocycles. The van der Waals surface area contributed by atoms with Gasteiger partial charge in [-0.15, -0.1) is 0 Å². The van der Waals surface area contributed by atoms with Gasteiger partial charge in [-0.2, -0.15) is 5.10 Å². The summed E-state index contributed by atoms with van der Waals surface area (Å²) in [5.41, 5.74) is 3.34. The molecule has 162 valence electrons. The molecule has 2 rings (SSSR count). The normalized spacial score (nSPS) is 11.2. The number of carbonyl (C=O) groups is 1. The second kappa shape index (κ2) is 10.5. The summed E-state index contributed by atoms with van der Waals surface area (Å²) in [7, 11) is -0.822. The van der Waals surface area contributed by atoms with Crippen LogP contribution in [-0.2, 0) is 14.8 Å². The number of rotatable bonds is 10. The minimum Gasteiger partial charge on any atom is -0.494 e. The number of ether oxygens (including phenoxy) is 3. The maximum Gasteiger partial charge on any atom is 0.260 e. The van der Waals surface area contributed by atoms with Gasteiger partial charge in [-0.1, -0.05) is 0 Å². The van der Waals surface area contributed by atoms with Gasteiger partial charge in [-0.3, -0.25) is 9.10 Å². The Kier molecular flexibility index (Phi) is 8.05. The van der Waals surface area contributed by atoms with Crippen LogP contribution in [0.4, 0.5) is 5.69 Å². The first-order valence-corrected chi connectivity index (χ1v) is 10.9. The molecule has 0 fully saturated rings. The average molecular weight is 436 g/mol. The number of methoxy groups -OCH3 is 2. The zero-order valence-corrected chi connectivity index (χ0v) is 18.1. The Bertz CT molecular complexity index is 990. The van der Waals surface area contributed by atoms with E-state index in [9.17, 15) is 13.2 Å². The van der Waals surface area contributed by atoms with E-state index >= 15 is 0 Å². The second-order valence-corrected chi connectivity index (χ2v) is 8.01. The summed E-state index contributed by atoms with van der Waals surface area (Å²) in [6.07, 6.45) is 2.47. The molecule has 9 nitrogen and oxygen atoms in total. The summed E-state index contributed by atoms with van der Waals surface area (Å²) in [6.45, 7) is 2.02. The summed E-state index contributed by atoms with van der Waals surface area (Å²) >= 11 is 0.